The van der Waals surface area contributed by atoms with Gasteiger partial charge >= 0.3 is 0 Å². The maximum absolute atomic E-state index is 5.03. The second-order valence-corrected chi connectivity index (χ2v) is 3.93. The summed E-state index contributed by atoms with van der Waals surface area (Å²) in [5, 5.41) is 0. The van der Waals surface area contributed by atoms with Crippen LogP contribution in [0.15, 0.2) is 29.2 Å². The van der Waals surface area contributed by atoms with Gasteiger partial charge in [-0.2, -0.15) is 0 Å². The summed E-state index contributed by atoms with van der Waals surface area (Å²) in [5.74, 6) is 0. The first-order chi connectivity index (χ1) is 6.33. The molecule has 1 aromatic rings. The summed E-state index contributed by atoms with van der Waals surface area (Å²) in [6, 6.07) is 8.33. The fourth-order valence-electron chi connectivity index (χ4n) is 1.41. The Morgan fingerprint density at radius 1 is 1.00 bits per heavy atom. The average molecular weight is 193 g/mol. The molecular formula is C12H17S. The summed E-state index contributed by atoms with van der Waals surface area (Å²) in [6.45, 7) is 2.24. The zero-order valence-corrected chi connectivity index (χ0v) is 9.07. The van der Waals surface area contributed by atoms with Gasteiger partial charge in [0, 0.05) is 4.90 Å². The van der Waals surface area contributed by atoms with E-state index in [9.17, 15) is 0 Å². The molecular weight excluding hydrogens is 176 g/mol. The molecule has 0 amide bonds. The largest absolute Gasteiger partial charge is 0.0801 e. The molecule has 0 aliphatic rings. The van der Waals surface area contributed by atoms with Gasteiger partial charge in [-0.3, -0.25) is 0 Å². The predicted octanol–water partition coefficient (Wildman–Crippen LogP) is 4.37. The third kappa shape index (κ3) is 4.28. The molecule has 0 fully saturated rings. The van der Waals surface area contributed by atoms with Crippen molar-refractivity contribution in [2.45, 2.75) is 43.9 Å². The van der Waals surface area contributed by atoms with Crippen molar-refractivity contribution in [2.24, 2.45) is 0 Å². The highest BCUT2D eigenvalue weighted by atomic mass is 32.1. The number of aryl methyl sites for hydroxylation is 1. The lowest BCUT2D eigenvalue weighted by Gasteiger charge is -2.00. The highest BCUT2D eigenvalue weighted by Crippen LogP contribution is 2.11. The minimum Gasteiger partial charge on any atom is -0.0801 e. The third-order valence-corrected chi connectivity index (χ3v) is 2.51. The van der Waals surface area contributed by atoms with Crippen LogP contribution in [0.3, 0.4) is 0 Å². The molecule has 0 heterocycles. The lowest BCUT2D eigenvalue weighted by molar-refractivity contribution is 0.667. The van der Waals surface area contributed by atoms with Gasteiger partial charge in [0.15, 0.2) is 0 Å². The van der Waals surface area contributed by atoms with E-state index in [2.05, 4.69) is 19.1 Å². The third-order valence-electron chi connectivity index (χ3n) is 2.24. The van der Waals surface area contributed by atoms with Gasteiger partial charge in [-0.25, -0.2) is 0 Å². The highest BCUT2D eigenvalue weighted by Gasteiger charge is 1.93. The van der Waals surface area contributed by atoms with Crippen LogP contribution in [0.2, 0.25) is 0 Å². The van der Waals surface area contributed by atoms with E-state index in [4.69, 9.17) is 12.6 Å². The summed E-state index contributed by atoms with van der Waals surface area (Å²) in [6.07, 6.45) is 6.54. The quantitative estimate of drug-likeness (QED) is 0.609. The topological polar surface area (TPSA) is 0 Å². The second-order valence-electron chi connectivity index (χ2n) is 3.45. The number of unbranched alkanes of at least 4 members (excludes halogenated alkanes) is 3. The molecule has 1 heteroatoms. The monoisotopic (exact) mass is 193 g/mol. The Morgan fingerprint density at radius 3 is 2.31 bits per heavy atom. The van der Waals surface area contributed by atoms with Gasteiger partial charge in [-0.05, 0) is 30.5 Å². The molecule has 1 radical (unpaired) electrons. The fourth-order valence-corrected chi connectivity index (χ4v) is 1.55. The molecule has 13 heavy (non-hydrogen) atoms. The van der Waals surface area contributed by atoms with Crippen LogP contribution in [-0.4, -0.2) is 0 Å². The van der Waals surface area contributed by atoms with Gasteiger partial charge in [-0.15, -0.1) is 0 Å². The molecule has 0 N–H and O–H groups in total. The van der Waals surface area contributed by atoms with E-state index >= 15 is 0 Å². The number of rotatable bonds is 5. The maximum Gasteiger partial charge on any atom is 0.0377 e. The first kappa shape index (κ1) is 10.5. The molecule has 0 nitrogen and oxygen atoms in total. The fraction of sp³-hybridized carbons (Fsp3) is 0.500. The molecule has 0 unspecified atom stereocenters. The van der Waals surface area contributed by atoms with Crippen molar-refractivity contribution in [2.75, 3.05) is 0 Å². The SMILES string of the molecule is CCCCCCc1ccc([S])cc1. The zero-order valence-electron chi connectivity index (χ0n) is 8.25. The Bertz CT molecular complexity index is 225. The van der Waals surface area contributed by atoms with Crippen LogP contribution in [0.1, 0.15) is 38.2 Å². The minimum absolute atomic E-state index is 0.942. The van der Waals surface area contributed by atoms with E-state index in [1.165, 1.54) is 37.7 Å². The van der Waals surface area contributed by atoms with Crippen LogP contribution < -0.4 is 0 Å². The smallest absolute Gasteiger partial charge is 0.0377 e. The van der Waals surface area contributed by atoms with Gasteiger partial charge in [-0.1, -0.05) is 50.9 Å². The van der Waals surface area contributed by atoms with Crippen molar-refractivity contribution in [1.29, 1.82) is 0 Å². The Hall–Kier alpha value is -0.560. The molecule has 1 rings (SSSR count). The Kier molecular flexibility index (Phi) is 4.84. The molecule has 1 aromatic carbocycles. The van der Waals surface area contributed by atoms with Crippen molar-refractivity contribution in [3.05, 3.63) is 29.8 Å². The van der Waals surface area contributed by atoms with Gasteiger partial charge in [0.2, 0.25) is 0 Å². The summed E-state index contributed by atoms with van der Waals surface area (Å²) in [5.41, 5.74) is 1.42. The van der Waals surface area contributed by atoms with E-state index in [-0.39, 0.29) is 0 Å². The first-order valence-electron chi connectivity index (χ1n) is 5.09. The predicted molar refractivity (Wildman–Crippen MR) is 60.1 cm³/mol. The second kappa shape index (κ2) is 5.98. The molecule has 0 spiro atoms. The summed E-state index contributed by atoms with van der Waals surface area (Å²) in [4.78, 5) is 0.942. The van der Waals surface area contributed by atoms with Crippen molar-refractivity contribution >= 4 is 12.6 Å². The van der Waals surface area contributed by atoms with Crippen LogP contribution in [-0.2, 0) is 6.42 Å². The van der Waals surface area contributed by atoms with E-state index in [0.717, 1.165) is 4.90 Å². The molecule has 0 bridgehead atoms. The molecule has 0 saturated heterocycles. The van der Waals surface area contributed by atoms with Gasteiger partial charge in [0.25, 0.3) is 0 Å². The maximum atomic E-state index is 5.03. The summed E-state index contributed by atoms with van der Waals surface area (Å²) in [7, 11) is 0. The lowest BCUT2D eigenvalue weighted by atomic mass is 10.1. The van der Waals surface area contributed by atoms with Crippen LogP contribution in [0.25, 0.3) is 0 Å². The van der Waals surface area contributed by atoms with Crippen molar-refractivity contribution in [3.8, 4) is 0 Å². The highest BCUT2D eigenvalue weighted by molar-refractivity contribution is 7.80. The molecule has 0 aromatic heterocycles. The number of hydrogen-bond donors (Lipinski definition) is 0. The Labute approximate surface area is 86.8 Å². The zero-order chi connectivity index (χ0) is 9.52. The normalized spacial score (nSPS) is 10.2. The van der Waals surface area contributed by atoms with E-state index in [1.54, 1.807) is 0 Å². The van der Waals surface area contributed by atoms with E-state index in [1.807, 2.05) is 12.1 Å². The van der Waals surface area contributed by atoms with Gasteiger partial charge in [0.05, 0.1) is 0 Å². The van der Waals surface area contributed by atoms with Crippen molar-refractivity contribution in [1.82, 2.24) is 0 Å². The van der Waals surface area contributed by atoms with Crippen molar-refractivity contribution < 1.29 is 0 Å². The van der Waals surface area contributed by atoms with Crippen LogP contribution in [0.5, 0.6) is 0 Å². The van der Waals surface area contributed by atoms with E-state index < -0.39 is 0 Å². The molecule has 0 saturated carbocycles. The first-order valence-corrected chi connectivity index (χ1v) is 5.49. The molecule has 71 valence electrons. The summed E-state index contributed by atoms with van der Waals surface area (Å²) >= 11 is 5.03. The Balaban J connectivity index is 2.25. The van der Waals surface area contributed by atoms with Gasteiger partial charge < -0.3 is 0 Å². The van der Waals surface area contributed by atoms with Crippen LogP contribution >= 0.6 is 12.6 Å². The number of benzene rings is 1. The lowest BCUT2D eigenvalue weighted by Crippen LogP contribution is -1.84. The van der Waals surface area contributed by atoms with Crippen molar-refractivity contribution in [3.63, 3.8) is 0 Å². The summed E-state index contributed by atoms with van der Waals surface area (Å²) < 4.78 is 0. The van der Waals surface area contributed by atoms with Crippen LogP contribution in [0.4, 0.5) is 0 Å². The molecule has 0 aliphatic carbocycles. The average Bonchev–Trinajstić information content (AvgIpc) is 2.15. The Morgan fingerprint density at radius 2 is 1.69 bits per heavy atom. The van der Waals surface area contributed by atoms with Crippen LogP contribution in [0, 0.1) is 0 Å². The standard InChI is InChI=1S/C12H17S/c1-2-3-4-5-6-11-7-9-12(13)10-8-11/h7-10H,2-6H2,1H3. The van der Waals surface area contributed by atoms with Gasteiger partial charge in [0.1, 0.15) is 0 Å². The number of hydrogen-bond acceptors (Lipinski definition) is 0. The molecule has 0 atom stereocenters. The van der Waals surface area contributed by atoms with E-state index in [0.29, 0.717) is 0 Å². The minimum atomic E-state index is 0.942. The molecule has 0 aliphatic heterocycles.